The van der Waals surface area contributed by atoms with Gasteiger partial charge < -0.3 is 10.2 Å². The Balaban J connectivity index is 1.36. The molecule has 2 aromatic rings. The molecule has 0 bridgehead atoms. The zero-order valence-electron chi connectivity index (χ0n) is 15.6. The maximum Gasteiger partial charge on any atom is 0.321 e. The molecular weight excluding hydrogens is 322 g/mol. The van der Waals surface area contributed by atoms with E-state index in [1.54, 1.807) is 0 Å². The van der Waals surface area contributed by atoms with Crippen LogP contribution in [-0.4, -0.2) is 41.5 Å². The average molecular weight is 349 g/mol. The van der Waals surface area contributed by atoms with Gasteiger partial charge in [0.25, 0.3) is 0 Å². The molecule has 4 heteroatoms. The highest BCUT2D eigenvalue weighted by Crippen LogP contribution is 2.33. The van der Waals surface area contributed by atoms with Gasteiger partial charge >= 0.3 is 6.03 Å². The van der Waals surface area contributed by atoms with Crippen LogP contribution in [0.3, 0.4) is 0 Å². The summed E-state index contributed by atoms with van der Waals surface area (Å²) >= 11 is 0. The molecule has 2 aliphatic rings. The first-order chi connectivity index (χ1) is 12.6. The number of urea groups is 1. The average Bonchev–Trinajstić information content (AvgIpc) is 2.63. The van der Waals surface area contributed by atoms with Crippen LogP contribution in [0.1, 0.15) is 23.1 Å². The van der Waals surface area contributed by atoms with Gasteiger partial charge in [0, 0.05) is 37.9 Å². The van der Waals surface area contributed by atoms with E-state index >= 15 is 0 Å². The lowest BCUT2D eigenvalue weighted by Crippen LogP contribution is -2.64. The van der Waals surface area contributed by atoms with E-state index in [2.05, 4.69) is 60.5 Å². The number of nitrogens with zero attached hydrogens (tertiary/aromatic N) is 2. The summed E-state index contributed by atoms with van der Waals surface area (Å²) in [5.74, 6) is 0.740. The van der Waals surface area contributed by atoms with Crippen molar-refractivity contribution in [2.24, 2.45) is 5.92 Å². The number of anilines is 1. The van der Waals surface area contributed by atoms with Crippen LogP contribution in [0.25, 0.3) is 0 Å². The molecule has 2 aliphatic heterocycles. The van der Waals surface area contributed by atoms with Crippen molar-refractivity contribution in [1.82, 2.24) is 9.80 Å². The molecule has 1 N–H and O–H groups in total. The predicted molar refractivity (Wildman–Crippen MR) is 105 cm³/mol. The van der Waals surface area contributed by atoms with Crippen LogP contribution in [0.2, 0.25) is 0 Å². The minimum Gasteiger partial charge on any atom is -0.323 e. The fourth-order valence-corrected chi connectivity index (χ4v) is 4.11. The fourth-order valence-electron chi connectivity index (χ4n) is 4.11. The maximum atomic E-state index is 12.7. The molecule has 26 heavy (non-hydrogen) atoms. The van der Waals surface area contributed by atoms with Crippen molar-refractivity contribution in [1.29, 1.82) is 0 Å². The van der Waals surface area contributed by atoms with Crippen molar-refractivity contribution in [3.63, 3.8) is 0 Å². The van der Waals surface area contributed by atoms with Crippen molar-refractivity contribution in [2.45, 2.75) is 32.9 Å². The topological polar surface area (TPSA) is 35.6 Å². The molecule has 136 valence electrons. The predicted octanol–water partition coefficient (Wildman–Crippen LogP) is 4.04. The van der Waals surface area contributed by atoms with Gasteiger partial charge in [-0.1, -0.05) is 36.4 Å². The molecule has 0 unspecified atom stereocenters. The molecule has 2 saturated heterocycles. The normalized spacial score (nSPS) is 22.5. The molecule has 2 atom stereocenters. The number of nitrogens with one attached hydrogen (secondary N) is 1. The quantitative estimate of drug-likeness (QED) is 0.908. The Labute approximate surface area is 155 Å². The SMILES string of the molecule is Cc1ccc(NC(=O)N2CC[C@@H]3CN(Cc4ccccc4)[C@@H]3C2)cc1C. The number of fused-ring (bicyclic) bond motifs is 1. The zero-order chi connectivity index (χ0) is 18.1. The summed E-state index contributed by atoms with van der Waals surface area (Å²) in [6.45, 7) is 7.99. The van der Waals surface area contributed by atoms with Crippen LogP contribution in [0.15, 0.2) is 48.5 Å². The second-order valence-corrected chi connectivity index (χ2v) is 7.71. The Morgan fingerprint density at radius 3 is 2.65 bits per heavy atom. The summed E-state index contributed by atoms with van der Waals surface area (Å²) in [5.41, 5.74) is 4.68. The summed E-state index contributed by atoms with van der Waals surface area (Å²) in [5, 5.41) is 3.07. The van der Waals surface area contributed by atoms with E-state index in [-0.39, 0.29) is 6.03 Å². The molecular formula is C22H27N3O. The first-order valence-corrected chi connectivity index (χ1v) is 9.51. The van der Waals surface area contributed by atoms with Gasteiger partial charge in [-0.3, -0.25) is 4.90 Å². The van der Waals surface area contributed by atoms with Crippen LogP contribution >= 0.6 is 0 Å². The number of piperidine rings is 1. The summed E-state index contributed by atoms with van der Waals surface area (Å²) in [6, 6.07) is 17.2. The van der Waals surface area contributed by atoms with Gasteiger partial charge in [0.2, 0.25) is 0 Å². The Hall–Kier alpha value is -2.33. The largest absolute Gasteiger partial charge is 0.323 e. The minimum atomic E-state index is 0.0262. The first-order valence-electron chi connectivity index (χ1n) is 9.51. The highest BCUT2D eigenvalue weighted by atomic mass is 16.2. The van der Waals surface area contributed by atoms with Crippen LogP contribution < -0.4 is 5.32 Å². The number of carbonyl (C=O) groups is 1. The first kappa shape index (κ1) is 17.1. The summed E-state index contributed by atoms with van der Waals surface area (Å²) in [4.78, 5) is 17.2. The lowest BCUT2D eigenvalue weighted by Gasteiger charge is -2.53. The van der Waals surface area contributed by atoms with Gasteiger partial charge in [0.15, 0.2) is 0 Å². The lowest BCUT2D eigenvalue weighted by molar-refractivity contribution is -0.0377. The highest BCUT2D eigenvalue weighted by Gasteiger charge is 2.43. The molecule has 2 amide bonds. The summed E-state index contributed by atoms with van der Waals surface area (Å²) in [7, 11) is 0. The Bertz CT molecular complexity index is 789. The zero-order valence-corrected chi connectivity index (χ0v) is 15.6. The number of rotatable bonds is 3. The van der Waals surface area contributed by atoms with Gasteiger partial charge in [-0.2, -0.15) is 0 Å². The number of benzene rings is 2. The van der Waals surface area contributed by atoms with Crippen LogP contribution in [-0.2, 0) is 6.54 Å². The molecule has 4 nitrogen and oxygen atoms in total. The smallest absolute Gasteiger partial charge is 0.321 e. The van der Waals surface area contributed by atoms with Crippen molar-refractivity contribution >= 4 is 11.7 Å². The van der Waals surface area contributed by atoms with E-state index in [0.29, 0.717) is 6.04 Å². The number of hydrogen-bond acceptors (Lipinski definition) is 2. The number of likely N-dealkylation sites (tertiary alicyclic amines) is 2. The van der Waals surface area contributed by atoms with Gasteiger partial charge in [-0.15, -0.1) is 0 Å². The van der Waals surface area contributed by atoms with Gasteiger partial charge in [0.05, 0.1) is 0 Å². The number of amides is 2. The number of carbonyl (C=O) groups excluding carboxylic acids is 1. The third-order valence-electron chi connectivity index (χ3n) is 5.93. The Kier molecular flexibility index (Phi) is 4.68. The summed E-state index contributed by atoms with van der Waals surface area (Å²) in [6.07, 6.45) is 1.11. The number of aryl methyl sites for hydroxylation is 2. The highest BCUT2D eigenvalue weighted by molar-refractivity contribution is 5.89. The number of hydrogen-bond donors (Lipinski definition) is 1. The van der Waals surface area contributed by atoms with E-state index in [1.807, 2.05) is 17.0 Å². The van der Waals surface area contributed by atoms with Crippen LogP contribution in [0.5, 0.6) is 0 Å². The van der Waals surface area contributed by atoms with E-state index in [0.717, 1.165) is 44.2 Å². The third kappa shape index (κ3) is 3.47. The van der Waals surface area contributed by atoms with Gasteiger partial charge in [0.1, 0.15) is 0 Å². The Morgan fingerprint density at radius 1 is 1.08 bits per heavy atom. The second-order valence-electron chi connectivity index (χ2n) is 7.71. The fraction of sp³-hybridized carbons (Fsp3) is 0.409. The Morgan fingerprint density at radius 2 is 1.88 bits per heavy atom. The molecule has 2 heterocycles. The van der Waals surface area contributed by atoms with Crippen molar-refractivity contribution in [3.8, 4) is 0 Å². The van der Waals surface area contributed by atoms with E-state index < -0.39 is 0 Å². The maximum absolute atomic E-state index is 12.7. The monoisotopic (exact) mass is 349 g/mol. The molecule has 0 aromatic heterocycles. The molecule has 0 spiro atoms. The minimum absolute atomic E-state index is 0.0262. The summed E-state index contributed by atoms with van der Waals surface area (Å²) < 4.78 is 0. The van der Waals surface area contributed by atoms with E-state index in [4.69, 9.17) is 0 Å². The lowest BCUT2D eigenvalue weighted by atomic mass is 9.82. The van der Waals surface area contributed by atoms with E-state index in [9.17, 15) is 4.79 Å². The third-order valence-corrected chi connectivity index (χ3v) is 5.93. The van der Waals surface area contributed by atoms with Crippen LogP contribution in [0.4, 0.5) is 10.5 Å². The van der Waals surface area contributed by atoms with Crippen LogP contribution in [0, 0.1) is 19.8 Å². The van der Waals surface area contributed by atoms with Crippen molar-refractivity contribution in [3.05, 3.63) is 65.2 Å². The molecule has 2 aromatic carbocycles. The molecule has 0 saturated carbocycles. The molecule has 0 radical (unpaired) electrons. The van der Waals surface area contributed by atoms with E-state index in [1.165, 1.54) is 16.7 Å². The van der Waals surface area contributed by atoms with Gasteiger partial charge in [-0.05, 0) is 55.0 Å². The van der Waals surface area contributed by atoms with Gasteiger partial charge in [-0.25, -0.2) is 4.79 Å². The molecule has 2 fully saturated rings. The van der Waals surface area contributed by atoms with Crippen molar-refractivity contribution < 1.29 is 4.79 Å². The second kappa shape index (κ2) is 7.12. The van der Waals surface area contributed by atoms with Crippen molar-refractivity contribution in [2.75, 3.05) is 25.0 Å². The molecule has 4 rings (SSSR count). The molecule has 0 aliphatic carbocycles. The standard InChI is InChI=1S/C22H27N3O/c1-16-8-9-20(12-17(16)2)23-22(26)24-11-10-19-14-25(21(19)15-24)13-18-6-4-3-5-7-18/h3-9,12,19,21H,10-11,13-15H2,1-2H3,(H,23,26)/t19-,21-/m1/s1.